The van der Waals surface area contributed by atoms with Crippen LogP contribution < -0.4 is 4.74 Å². The Bertz CT molecular complexity index is 803. The topological polar surface area (TPSA) is 74.7 Å². The first kappa shape index (κ1) is 18.5. The molecule has 0 saturated carbocycles. The van der Waals surface area contributed by atoms with Crippen molar-refractivity contribution >= 4 is 15.9 Å². The van der Waals surface area contributed by atoms with Gasteiger partial charge in [0.25, 0.3) is 0 Å². The number of hydrogen-bond donors (Lipinski definition) is 0. The summed E-state index contributed by atoms with van der Waals surface area (Å²) in [6.07, 6.45) is 1.11. The maximum absolute atomic E-state index is 11.8. The van der Waals surface area contributed by atoms with Crippen LogP contribution in [0.1, 0.15) is 5.56 Å². The standard InChI is InChI=1S/C18H26N4O4S/c1-25-15-5-3-14(4-6-15)11-20-7-9-21(10-8-20)18-16-12-22(27(2,23)24)13-17(16)26-19-18/h3-6,16-17H,7-13H2,1-2H3/t16-,17-/m1/s1. The van der Waals surface area contributed by atoms with E-state index in [9.17, 15) is 8.42 Å². The summed E-state index contributed by atoms with van der Waals surface area (Å²) in [6, 6.07) is 8.18. The van der Waals surface area contributed by atoms with Gasteiger partial charge in [0.05, 0.1) is 25.8 Å². The first-order chi connectivity index (χ1) is 12.9. The molecule has 0 N–H and O–H groups in total. The Morgan fingerprint density at radius 2 is 1.85 bits per heavy atom. The molecule has 0 unspecified atom stereocenters. The van der Waals surface area contributed by atoms with E-state index in [4.69, 9.17) is 9.57 Å². The monoisotopic (exact) mass is 394 g/mol. The zero-order valence-electron chi connectivity index (χ0n) is 15.7. The predicted octanol–water partition coefficient (Wildman–Crippen LogP) is 0.417. The van der Waals surface area contributed by atoms with Gasteiger partial charge in [-0.25, -0.2) is 8.42 Å². The molecule has 0 radical (unpaired) electrons. The normalized spacial score (nSPS) is 26.6. The molecule has 148 valence electrons. The third-order valence-corrected chi connectivity index (χ3v) is 6.81. The molecule has 27 heavy (non-hydrogen) atoms. The number of rotatable bonds is 4. The molecule has 1 aromatic rings. The molecule has 0 aliphatic carbocycles. The second-order valence-electron chi connectivity index (χ2n) is 7.39. The third kappa shape index (κ3) is 3.90. The number of nitrogens with zero attached hydrogens (tertiary/aromatic N) is 4. The summed E-state index contributed by atoms with van der Waals surface area (Å²) in [4.78, 5) is 10.2. The van der Waals surface area contributed by atoms with Crippen molar-refractivity contribution in [1.29, 1.82) is 0 Å². The Hall–Kier alpha value is -1.84. The lowest BCUT2D eigenvalue weighted by Crippen LogP contribution is -2.50. The van der Waals surface area contributed by atoms with Gasteiger partial charge in [-0.1, -0.05) is 17.3 Å². The summed E-state index contributed by atoms with van der Waals surface area (Å²) < 4.78 is 30.3. The zero-order valence-corrected chi connectivity index (χ0v) is 16.6. The van der Waals surface area contributed by atoms with Gasteiger partial charge in [-0.15, -0.1) is 0 Å². The minimum atomic E-state index is -3.18. The lowest BCUT2D eigenvalue weighted by atomic mass is 10.0. The number of benzene rings is 1. The molecule has 3 heterocycles. The largest absolute Gasteiger partial charge is 0.497 e. The molecule has 9 heteroatoms. The van der Waals surface area contributed by atoms with Crippen molar-refractivity contribution < 1.29 is 18.0 Å². The van der Waals surface area contributed by atoms with E-state index in [0.29, 0.717) is 13.1 Å². The average molecular weight is 394 g/mol. The van der Waals surface area contributed by atoms with Crippen molar-refractivity contribution in [2.45, 2.75) is 12.6 Å². The molecule has 0 aromatic heterocycles. The number of ether oxygens (including phenoxy) is 1. The number of hydrogen-bond acceptors (Lipinski definition) is 7. The highest BCUT2D eigenvalue weighted by atomic mass is 32.2. The van der Waals surface area contributed by atoms with Crippen LogP contribution in [0.4, 0.5) is 0 Å². The minimum absolute atomic E-state index is 0.0489. The van der Waals surface area contributed by atoms with Crippen LogP contribution in [0.3, 0.4) is 0 Å². The number of fused-ring (bicyclic) bond motifs is 1. The maximum Gasteiger partial charge on any atom is 0.211 e. The first-order valence-electron chi connectivity index (χ1n) is 9.23. The molecule has 0 bridgehead atoms. The summed E-state index contributed by atoms with van der Waals surface area (Å²) >= 11 is 0. The van der Waals surface area contributed by atoms with Gasteiger partial charge in [-0.3, -0.25) is 4.90 Å². The molecule has 1 aromatic carbocycles. The smallest absolute Gasteiger partial charge is 0.211 e. The van der Waals surface area contributed by atoms with Crippen LogP contribution in [-0.4, -0.2) is 87.1 Å². The molecular formula is C18H26N4O4S. The van der Waals surface area contributed by atoms with Crippen LogP contribution in [0.5, 0.6) is 5.75 Å². The molecule has 4 rings (SSSR count). The second-order valence-corrected chi connectivity index (χ2v) is 9.37. The van der Waals surface area contributed by atoms with Crippen molar-refractivity contribution in [1.82, 2.24) is 14.1 Å². The molecule has 2 saturated heterocycles. The number of amidine groups is 1. The number of piperazine rings is 1. The fourth-order valence-electron chi connectivity index (χ4n) is 3.97. The highest BCUT2D eigenvalue weighted by Crippen LogP contribution is 2.30. The molecular weight excluding hydrogens is 368 g/mol. The van der Waals surface area contributed by atoms with Crippen LogP contribution in [0.25, 0.3) is 0 Å². The van der Waals surface area contributed by atoms with E-state index >= 15 is 0 Å². The van der Waals surface area contributed by atoms with Crippen LogP contribution >= 0.6 is 0 Å². The average Bonchev–Trinajstić information content (AvgIpc) is 3.24. The van der Waals surface area contributed by atoms with Gasteiger partial charge >= 0.3 is 0 Å². The molecule has 2 atom stereocenters. The van der Waals surface area contributed by atoms with E-state index < -0.39 is 10.0 Å². The SMILES string of the molecule is COc1ccc(CN2CCN(C3=NO[C@@H]4CN(S(C)(=O)=O)C[C@@H]34)CC2)cc1. The summed E-state index contributed by atoms with van der Waals surface area (Å²) in [6.45, 7) is 5.41. The van der Waals surface area contributed by atoms with Crippen LogP contribution in [-0.2, 0) is 21.4 Å². The zero-order chi connectivity index (χ0) is 19.0. The second kappa shape index (κ2) is 7.29. The van der Waals surface area contributed by atoms with Gasteiger partial charge in [0.2, 0.25) is 10.0 Å². The van der Waals surface area contributed by atoms with Crippen molar-refractivity contribution in [3.05, 3.63) is 29.8 Å². The van der Waals surface area contributed by atoms with Crippen LogP contribution in [0.2, 0.25) is 0 Å². The van der Waals surface area contributed by atoms with Crippen LogP contribution in [0.15, 0.2) is 29.4 Å². The highest BCUT2D eigenvalue weighted by molar-refractivity contribution is 7.88. The third-order valence-electron chi connectivity index (χ3n) is 5.58. The lowest BCUT2D eigenvalue weighted by molar-refractivity contribution is 0.0803. The quantitative estimate of drug-likeness (QED) is 0.737. The molecule has 0 spiro atoms. The fraction of sp³-hybridized carbons (Fsp3) is 0.611. The molecule has 2 fully saturated rings. The van der Waals surface area contributed by atoms with E-state index in [-0.39, 0.29) is 12.0 Å². The van der Waals surface area contributed by atoms with E-state index in [1.54, 1.807) is 7.11 Å². The number of methoxy groups -OCH3 is 1. The van der Waals surface area contributed by atoms with E-state index in [1.807, 2.05) is 12.1 Å². The molecule has 8 nitrogen and oxygen atoms in total. The molecule has 0 amide bonds. The van der Waals surface area contributed by atoms with Gasteiger partial charge in [0, 0.05) is 39.3 Å². The Morgan fingerprint density at radius 3 is 2.48 bits per heavy atom. The summed E-state index contributed by atoms with van der Waals surface area (Å²) in [5, 5.41) is 4.28. The van der Waals surface area contributed by atoms with Gasteiger partial charge in [-0.05, 0) is 17.7 Å². The summed E-state index contributed by atoms with van der Waals surface area (Å²) in [5.74, 6) is 1.83. The summed E-state index contributed by atoms with van der Waals surface area (Å²) in [7, 11) is -1.51. The molecule has 3 aliphatic rings. The van der Waals surface area contributed by atoms with Crippen molar-refractivity contribution in [2.24, 2.45) is 11.1 Å². The van der Waals surface area contributed by atoms with E-state index in [2.05, 4.69) is 27.1 Å². The highest BCUT2D eigenvalue weighted by Gasteiger charge is 2.47. The first-order valence-corrected chi connectivity index (χ1v) is 11.1. The fourth-order valence-corrected chi connectivity index (χ4v) is 4.82. The minimum Gasteiger partial charge on any atom is -0.497 e. The molecule has 3 aliphatic heterocycles. The van der Waals surface area contributed by atoms with Crippen molar-refractivity contribution in [3.8, 4) is 5.75 Å². The predicted molar refractivity (Wildman–Crippen MR) is 102 cm³/mol. The van der Waals surface area contributed by atoms with Crippen LogP contribution in [0, 0.1) is 5.92 Å². The van der Waals surface area contributed by atoms with Gasteiger partial charge < -0.3 is 14.5 Å². The number of oxime groups is 1. The van der Waals surface area contributed by atoms with Crippen molar-refractivity contribution in [2.75, 3.05) is 52.6 Å². The van der Waals surface area contributed by atoms with E-state index in [0.717, 1.165) is 44.3 Å². The lowest BCUT2D eigenvalue weighted by Gasteiger charge is -2.36. The van der Waals surface area contributed by atoms with Crippen molar-refractivity contribution in [3.63, 3.8) is 0 Å². The summed E-state index contributed by atoms with van der Waals surface area (Å²) in [5.41, 5.74) is 1.27. The van der Waals surface area contributed by atoms with Gasteiger partial charge in [-0.2, -0.15) is 4.31 Å². The Labute approximate surface area is 160 Å². The maximum atomic E-state index is 11.8. The Balaban J connectivity index is 1.32. The Kier molecular flexibility index (Phi) is 5.00. The van der Waals surface area contributed by atoms with E-state index in [1.165, 1.54) is 16.1 Å². The van der Waals surface area contributed by atoms with Gasteiger partial charge in [0.15, 0.2) is 11.9 Å². The Morgan fingerprint density at radius 1 is 1.15 bits per heavy atom. The van der Waals surface area contributed by atoms with Gasteiger partial charge in [0.1, 0.15) is 5.75 Å². The number of sulfonamides is 1.